The smallest absolute Gasteiger partial charge is 0.129 e. The Balaban J connectivity index is 1.95. The molecule has 3 rings (SSSR count). The van der Waals surface area contributed by atoms with Crippen molar-refractivity contribution < 1.29 is 0 Å². The highest BCUT2D eigenvalue weighted by Crippen LogP contribution is 2.49. The maximum atomic E-state index is 4.65. The molecule has 0 spiro atoms. The lowest BCUT2D eigenvalue weighted by atomic mass is 9.90. The summed E-state index contributed by atoms with van der Waals surface area (Å²) in [4.78, 5) is 4.65. The summed E-state index contributed by atoms with van der Waals surface area (Å²) < 4.78 is 2.36. The van der Waals surface area contributed by atoms with E-state index in [0.29, 0.717) is 0 Å². The van der Waals surface area contributed by atoms with E-state index in [1.165, 1.54) is 37.9 Å². The number of rotatable bonds is 4. The molecule has 1 saturated heterocycles. The summed E-state index contributed by atoms with van der Waals surface area (Å²) in [5.41, 5.74) is 0.221. The molecule has 0 bridgehead atoms. The normalized spacial score (nSPS) is 29.8. The fraction of sp³-hybridized carbons (Fsp3) is 0.769. The monoisotopic (exact) mass is 219 g/mol. The number of imidazole rings is 1. The Morgan fingerprint density at radius 3 is 3.06 bits per heavy atom. The molecule has 1 aromatic rings. The maximum Gasteiger partial charge on any atom is 0.129 e. The number of aromatic nitrogens is 2. The van der Waals surface area contributed by atoms with Gasteiger partial charge in [-0.2, -0.15) is 0 Å². The summed E-state index contributed by atoms with van der Waals surface area (Å²) >= 11 is 0. The van der Waals surface area contributed by atoms with Crippen LogP contribution in [0.15, 0.2) is 12.4 Å². The van der Waals surface area contributed by atoms with Crippen LogP contribution in [-0.4, -0.2) is 16.1 Å². The third-order valence-electron chi connectivity index (χ3n) is 4.04. The van der Waals surface area contributed by atoms with Crippen LogP contribution in [0, 0.1) is 5.92 Å². The first-order valence-corrected chi connectivity index (χ1v) is 6.63. The predicted molar refractivity (Wildman–Crippen MR) is 64.2 cm³/mol. The van der Waals surface area contributed by atoms with E-state index in [1.54, 1.807) is 0 Å². The Bertz CT molecular complexity index is 359. The van der Waals surface area contributed by atoms with Gasteiger partial charge in [0.15, 0.2) is 0 Å². The van der Waals surface area contributed by atoms with E-state index in [1.807, 2.05) is 6.20 Å². The second-order valence-corrected chi connectivity index (χ2v) is 5.22. The second kappa shape index (κ2) is 3.88. The van der Waals surface area contributed by atoms with Gasteiger partial charge in [-0.05, 0) is 44.6 Å². The largest absolute Gasteiger partial charge is 0.333 e. The first-order chi connectivity index (χ1) is 7.87. The van der Waals surface area contributed by atoms with E-state index >= 15 is 0 Å². The molecule has 2 heterocycles. The van der Waals surface area contributed by atoms with Crippen molar-refractivity contribution >= 4 is 0 Å². The summed E-state index contributed by atoms with van der Waals surface area (Å²) in [7, 11) is 0. The van der Waals surface area contributed by atoms with Crippen molar-refractivity contribution in [3.05, 3.63) is 18.2 Å². The molecular weight excluding hydrogens is 198 g/mol. The molecule has 0 aromatic carbocycles. The quantitative estimate of drug-likeness (QED) is 0.842. The van der Waals surface area contributed by atoms with Crippen LogP contribution in [0.5, 0.6) is 0 Å². The molecule has 1 aliphatic carbocycles. The molecule has 88 valence electrons. The zero-order chi connectivity index (χ0) is 11.0. The van der Waals surface area contributed by atoms with Crippen LogP contribution in [0.2, 0.25) is 0 Å². The molecule has 2 fully saturated rings. The molecular formula is C13H21N3. The summed E-state index contributed by atoms with van der Waals surface area (Å²) in [5.74, 6) is 2.14. The fourth-order valence-electron chi connectivity index (χ4n) is 3.19. The van der Waals surface area contributed by atoms with Gasteiger partial charge in [0.1, 0.15) is 5.82 Å². The molecule has 1 unspecified atom stereocenters. The van der Waals surface area contributed by atoms with Crippen LogP contribution in [0.3, 0.4) is 0 Å². The Morgan fingerprint density at radius 2 is 2.44 bits per heavy atom. The van der Waals surface area contributed by atoms with Crippen LogP contribution >= 0.6 is 0 Å². The Hall–Kier alpha value is -0.830. The van der Waals surface area contributed by atoms with Gasteiger partial charge in [-0.25, -0.2) is 4.98 Å². The van der Waals surface area contributed by atoms with E-state index in [9.17, 15) is 0 Å². The van der Waals surface area contributed by atoms with E-state index < -0.39 is 0 Å². The zero-order valence-corrected chi connectivity index (χ0v) is 10.1. The minimum Gasteiger partial charge on any atom is -0.333 e. The van der Waals surface area contributed by atoms with Gasteiger partial charge in [0.05, 0.1) is 5.54 Å². The summed E-state index contributed by atoms with van der Waals surface area (Å²) in [6.07, 6.45) is 10.6. The number of nitrogens with zero attached hydrogens (tertiary/aromatic N) is 2. The van der Waals surface area contributed by atoms with Crippen molar-refractivity contribution in [2.45, 2.75) is 51.1 Å². The first-order valence-electron chi connectivity index (χ1n) is 6.63. The second-order valence-electron chi connectivity index (χ2n) is 5.22. The van der Waals surface area contributed by atoms with E-state index in [-0.39, 0.29) is 5.54 Å². The van der Waals surface area contributed by atoms with Gasteiger partial charge in [-0.1, -0.05) is 6.92 Å². The van der Waals surface area contributed by atoms with Crippen LogP contribution < -0.4 is 5.32 Å². The Kier molecular flexibility index (Phi) is 2.51. The van der Waals surface area contributed by atoms with Crippen molar-refractivity contribution in [2.75, 3.05) is 6.54 Å². The fourth-order valence-corrected chi connectivity index (χ4v) is 3.19. The minimum atomic E-state index is 0.221. The van der Waals surface area contributed by atoms with Crippen LogP contribution in [0.1, 0.15) is 44.9 Å². The summed E-state index contributed by atoms with van der Waals surface area (Å²) in [6.45, 7) is 4.50. The van der Waals surface area contributed by atoms with Crippen molar-refractivity contribution in [3.8, 4) is 0 Å². The minimum absolute atomic E-state index is 0.221. The van der Waals surface area contributed by atoms with Crippen LogP contribution in [-0.2, 0) is 12.1 Å². The molecule has 1 aliphatic heterocycles. The molecule has 1 N–H and O–H groups in total. The van der Waals surface area contributed by atoms with Gasteiger partial charge >= 0.3 is 0 Å². The number of hydrogen-bond donors (Lipinski definition) is 1. The average Bonchev–Trinajstić information content (AvgIpc) is 2.87. The first kappa shape index (κ1) is 10.3. The molecule has 0 radical (unpaired) electrons. The zero-order valence-electron chi connectivity index (χ0n) is 10.1. The van der Waals surface area contributed by atoms with Crippen molar-refractivity contribution in [3.63, 3.8) is 0 Å². The van der Waals surface area contributed by atoms with Crippen molar-refractivity contribution in [1.82, 2.24) is 14.9 Å². The lowest BCUT2D eigenvalue weighted by Crippen LogP contribution is -2.41. The van der Waals surface area contributed by atoms with E-state index in [2.05, 4.69) is 28.0 Å². The highest BCUT2D eigenvalue weighted by molar-refractivity contribution is 5.17. The molecule has 3 heteroatoms. The molecule has 1 aromatic heterocycles. The molecule has 16 heavy (non-hydrogen) atoms. The lowest BCUT2D eigenvalue weighted by molar-refractivity contribution is 0.302. The molecule has 1 atom stereocenters. The third-order valence-corrected chi connectivity index (χ3v) is 4.04. The molecule has 3 nitrogen and oxygen atoms in total. The molecule has 0 amide bonds. The number of hydrogen-bond acceptors (Lipinski definition) is 2. The molecule has 2 aliphatic rings. The van der Waals surface area contributed by atoms with E-state index in [4.69, 9.17) is 0 Å². The van der Waals surface area contributed by atoms with Gasteiger partial charge in [-0.15, -0.1) is 0 Å². The summed E-state index contributed by atoms with van der Waals surface area (Å²) in [5, 5.41) is 3.75. The topological polar surface area (TPSA) is 29.9 Å². The standard InChI is InChI=1S/C13H21N3/c1-2-9-16-10-8-14-12(16)13(11-4-5-11)6-3-7-15-13/h8,10-11,15H,2-7,9H2,1H3. The van der Waals surface area contributed by atoms with Crippen LogP contribution in [0.4, 0.5) is 0 Å². The highest BCUT2D eigenvalue weighted by atomic mass is 15.2. The van der Waals surface area contributed by atoms with Crippen LogP contribution in [0.25, 0.3) is 0 Å². The Labute approximate surface area is 97.3 Å². The SMILES string of the molecule is CCCn1ccnc1C1(C2CC2)CCCN1. The van der Waals surface area contributed by atoms with Gasteiger partial charge < -0.3 is 9.88 Å². The summed E-state index contributed by atoms with van der Waals surface area (Å²) in [6, 6.07) is 0. The van der Waals surface area contributed by atoms with Gasteiger partial charge in [-0.3, -0.25) is 0 Å². The maximum absolute atomic E-state index is 4.65. The van der Waals surface area contributed by atoms with Gasteiger partial charge in [0.25, 0.3) is 0 Å². The lowest BCUT2D eigenvalue weighted by Gasteiger charge is -2.29. The number of nitrogens with one attached hydrogen (secondary N) is 1. The highest BCUT2D eigenvalue weighted by Gasteiger charge is 2.50. The molecule has 1 saturated carbocycles. The van der Waals surface area contributed by atoms with Crippen molar-refractivity contribution in [2.24, 2.45) is 5.92 Å². The average molecular weight is 219 g/mol. The number of aryl methyl sites for hydroxylation is 1. The van der Waals surface area contributed by atoms with E-state index in [0.717, 1.165) is 19.0 Å². The Morgan fingerprint density at radius 1 is 1.56 bits per heavy atom. The van der Waals surface area contributed by atoms with Crippen molar-refractivity contribution in [1.29, 1.82) is 0 Å². The van der Waals surface area contributed by atoms with Gasteiger partial charge in [0, 0.05) is 18.9 Å². The predicted octanol–water partition coefficient (Wildman–Crippen LogP) is 2.28. The van der Waals surface area contributed by atoms with Gasteiger partial charge in [0.2, 0.25) is 0 Å². The third kappa shape index (κ3) is 1.49.